The molecule has 0 fully saturated rings. The van der Waals surface area contributed by atoms with Crippen LogP contribution in [-0.4, -0.2) is 19.2 Å². The van der Waals surface area contributed by atoms with E-state index in [-0.39, 0.29) is 4.90 Å². The zero-order valence-electron chi connectivity index (χ0n) is 11.8. The third-order valence-electron chi connectivity index (χ3n) is 3.42. The van der Waals surface area contributed by atoms with Crippen LogP contribution in [0.15, 0.2) is 51.9 Å². The lowest BCUT2D eigenvalue weighted by Gasteiger charge is -2.28. The lowest BCUT2D eigenvalue weighted by molar-refractivity contribution is 0.597. The van der Waals surface area contributed by atoms with E-state index in [1.807, 2.05) is 24.3 Å². The average Bonchev–Trinajstić information content (AvgIpc) is 2.47. The number of hydrogen-bond donors (Lipinski definition) is 0. The topological polar surface area (TPSA) is 62.6 Å². The number of nitrogens with zero attached hydrogens (tertiary/aromatic N) is 3. The first kappa shape index (κ1) is 13.8. The zero-order valence-corrected chi connectivity index (χ0v) is 12.6. The minimum absolute atomic E-state index is 0.134. The van der Waals surface area contributed by atoms with Crippen LogP contribution in [0.4, 0.5) is 11.5 Å². The van der Waals surface area contributed by atoms with Crippen LogP contribution < -0.4 is 4.90 Å². The second-order valence-corrected chi connectivity index (χ2v) is 6.37. The quantitative estimate of drug-likeness (QED) is 0.855. The third-order valence-corrected chi connectivity index (χ3v) is 4.80. The van der Waals surface area contributed by atoms with Gasteiger partial charge in [-0.3, -0.25) is 4.90 Å². The van der Waals surface area contributed by atoms with Crippen molar-refractivity contribution in [1.29, 1.82) is 0 Å². The summed E-state index contributed by atoms with van der Waals surface area (Å²) in [6.07, 6.45) is 2.54. The normalized spacial score (nSPS) is 16.3. The molecule has 1 aromatic heterocycles. The monoisotopic (exact) mass is 301 g/mol. The van der Waals surface area contributed by atoms with Crippen molar-refractivity contribution in [2.45, 2.75) is 25.2 Å². The molecule has 1 aliphatic heterocycles. The van der Waals surface area contributed by atoms with Crippen LogP contribution in [0.25, 0.3) is 0 Å². The van der Waals surface area contributed by atoms with Crippen molar-refractivity contribution in [3.8, 4) is 0 Å². The number of aryl methyl sites for hydroxylation is 1. The number of sulfonamides is 1. The molecule has 0 saturated carbocycles. The van der Waals surface area contributed by atoms with Gasteiger partial charge in [0.15, 0.2) is 5.82 Å². The highest BCUT2D eigenvalue weighted by molar-refractivity contribution is 7.90. The Morgan fingerprint density at radius 3 is 2.52 bits per heavy atom. The van der Waals surface area contributed by atoms with Gasteiger partial charge >= 0.3 is 0 Å². The molecule has 1 aliphatic rings. The average molecular weight is 301 g/mol. The van der Waals surface area contributed by atoms with Crippen LogP contribution >= 0.6 is 0 Å². The molecular formula is C15H15N3O2S. The van der Waals surface area contributed by atoms with Crippen LogP contribution in [0, 0.1) is 0 Å². The first-order valence-corrected chi connectivity index (χ1v) is 8.12. The molecular weight excluding hydrogens is 286 g/mol. The Morgan fingerprint density at radius 1 is 1.14 bits per heavy atom. The highest BCUT2D eigenvalue weighted by Gasteiger charge is 2.30. The molecule has 0 bridgehead atoms. The number of rotatable bonds is 2. The van der Waals surface area contributed by atoms with E-state index < -0.39 is 10.0 Å². The van der Waals surface area contributed by atoms with Crippen molar-refractivity contribution in [2.75, 3.05) is 4.90 Å². The number of pyridine rings is 1. The predicted molar refractivity (Wildman–Crippen MR) is 82.5 cm³/mol. The third kappa shape index (κ3) is 2.31. The Morgan fingerprint density at radius 2 is 1.86 bits per heavy atom. The molecule has 108 valence electrons. The summed E-state index contributed by atoms with van der Waals surface area (Å²) < 4.78 is 28.0. The van der Waals surface area contributed by atoms with Gasteiger partial charge < -0.3 is 0 Å². The molecule has 1 aromatic carbocycles. The molecule has 2 heterocycles. The van der Waals surface area contributed by atoms with E-state index in [1.54, 1.807) is 24.1 Å². The Bertz CT molecular complexity index is 811. The van der Waals surface area contributed by atoms with Crippen LogP contribution in [0.2, 0.25) is 0 Å². The smallest absolute Gasteiger partial charge is 0.281 e. The maximum absolute atomic E-state index is 12.1. The molecule has 0 unspecified atom stereocenters. The van der Waals surface area contributed by atoms with Gasteiger partial charge in [-0.2, -0.15) is 8.42 Å². The maximum Gasteiger partial charge on any atom is 0.287 e. The minimum Gasteiger partial charge on any atom is -0.281 e. The molecule has 0 aliphatic carbocycles. The maximum atomic E-state index is 12.1. The molecule has 5 nitrogen and oxygen atoms in total. The van der Waals surface area contributed by atoms with Crippen molar-refractivity contribution in [2.24, 2.45) is 4.40 Å². The zero-order chi connectivity index (χ0) is 15.0. The highest BCUT2D eigenvalue weighted by atomic mass is 32.2. The van der Waals surface area contributed by atoms with Gasteiger partial charge in [0, 0.05) is 11.9 Å². The van der Waals surface area contributed by atoms with Crippen LogP contribution in [0.5, 0.6) is 0 Å². The van der Waals surface area contributed by atoms with E-state index in [9.17, 15) is 8.42 Å². The van der Waals surface area contributed by atoms with Gasteiger partial charge in [-0.05, 0) is 43.2 Å². The van der Waals surface area contributed by atoms with Crippen molar-refractivity contribution in [3.05, 3.63) is 48.2 Å². The van der Waals surface area contributed by atoms with Crippen LogP contribution in [-0.2, 0) is 16.4 Å². The largest absolute Gasteiger partial charge is 0.287 e. The molecule has 2 aromatic rings. The summed E-state index contributed by atoms with van der Waals surface area (Å²) in [4.78, 5) is 6.13. The molecule has 3 rings (SSSR count). The second-order valence-electron chi connectivity index (χ2n) is 4.79. The highest BCUT2D eigenvalue weighted by Crippen LogP contribution is 2.34. The molecule has 21 heavy (non-hydrogen) atoms. The van der Waals surface area contributed by atoms with E-state index in [0.29, 0.717) is 11.7 Å². The van der Waals surface area contributed by atoms with E-state index in [1.165, 1.54) is 11.6 Å². The lowest BCUT2D eigenvalue weighted by Crippen LogP contribution is -2.30. The molecule has 6 heteroatoms. The van der Waals surface area contributed by atoms with E-state index in [4.69, 9.17) is 0 Å². The van der Waals surface area contributed by atoms with Gasteiger partial charge in [0.05, 0.1) is 0 Å². The standard InChI is InChI=1S/C15H15N3O2S/c1-3-12-6-8-13(9-7-12)18-11(2)17-21(19,20)14-5-4-10-16-15(14)18/h4-10H,3H2,1-2H3. The van der Waals surface area contributed by atoms with Crippen molar-refractivity contribution >= 4 is 27.4 Å². The number of amidine groups is 1. The Balaban J connectivity index is 2.18. The van der Waals surface area contributed by atoms with Crippen molar-refractivity contribution < 1.29 is 8.42 Å². The Labute approximate surface area is 124 Å². The minimum atomic E-state index is -3.66. The van der Waals surface area contributed by atoms with Gasteiger partial charge in [0.25, 0.3) is 10.0 Å². The summed E-state index contributed by atoms with van der Waals surface area (Å²) in [5, 5.41) is 0. The fourth-order valence-electron chi connectivity index (χ4n) is 2.36. The SMILES string of the molecule is CCc1ccc(N2C(C)=NS(=O)(=O)c3cccnc32)cc1. The number of aromatic nitrogens is 1. The molecule has 0 amide bonds. The summed E-state index contributed by atoms with van der Waals surface area (Å²) in [6.45, 7) is 3.76. The van der Waals surface area contributed by atoms with Crippen molar-refractivity contribution in [1.82, 2.24) is 4.98 Å². The van der Waals surface area contributed by atoms with Gasteiger partial charge in [0.2, 0.25) is 0 Å². The summed E-state index contributed by atoms with van der Waals surface area (Å²) in [5.74, 6) is 0.791. The van der Waals surface area contributed by atoms with E-state index >= 15 is 0 Å². The first-order chi connectivity index (χ1) is 10.0. The summed E-state index contributed by atoms with van der Waals surface area (Å²) in [7, 11) is -3.66. The molecule has 0 spiro atoms. The number of fused-ring (bicyclic) bond motifs is 1. The van der Waals surface area contributed by atoms with Crippen LogP contribution in [0.1, 0.15) is 19.4 Å². The Kier molecular flexibility index (Phi) is 3.25. The first-order valence-electron chi connectivity index (χ1n) is 6.68. The van der Waals surface area contributed by atoms with Crippen molar-refractivity contribution in [3.63, 3.8) is 0 Å². The summed E-state index contributed by atoms with van der Waals surface area (Å²) >= 11 is 0. The van der Waals surface area contributed by atoms with E-state index in [0.717, 1.165) is 12.1 Å². The van der Waals surface area contributed by atoms with Gasteiger partial charge in [-0.1, -0.05) is 19.1 Å². The second kappa shape index (κ2) is 4.96. The summed E-state index contributed by atoms with van der Waals surface area (Å²) in [5.41, 5.74) is 2.07. The lowest BCUT2D eigenvalue weighted by atomic mass is 10.1. The van der Waals surface area contributed by atoms with Crippen LogP contribution in [0.3, 0.4) is 0 Å². The molecule has 0 atom stereocenters. The molecule has 0 radical (unpaired) electrons. The Hall–Kier alpha value is -2.21. The number of anilines is 2. The fraction of sp³-hybridized carbons (Fsp3) is 0.200. The molecule has 0 N–H and O–H groups in total. The fourth-order valence-corrected chi connectivity index (χ4v) is 3.51. The predicted octanol–water partition coefficient (Wildman–Crippen LogP) is 2.90. The van der Waals surface area contributed by atoms with Gasteiger partial charge in [-0.25, -0.2) is 4.98 Å². The summed E-state index contributed by atoms with van der Waals surface area (Å²) in [6, 6.07) is 11.1. The van der Waals surface area contributed by atoms with Gasteiger partial charge in [-0.15, -0.1) is 4.40 Å². The number of hydrogen-bond acceptors (Lipinski definition) is 4. The number of benzene rings is 1. The van der Waals surface area contributed by atoms with Gasteiger partial charge in [0.1, 0.15) is 10.7 Å². The van der Waals surface area contributed by atoms with E-state index in [2.05, 4.69) is 16.3 Å². The molecule has 0 saturated heterocycles.